The maximum Gasteiger partial charge on any atom is 0.256 e. The van der Waals surface area contributed by atoms with E-state index in [4.69, 9.17) is 16.3 Å². The van der Waals surface area contributed by atoms with Crippen LogP contribution >= 0.6 is 11.6 Å². The van der Waals surface area contributed by atoms with E-state index in [1.807, 2.05) is 49.4 Å². The van der Waals surface area contributed by atoms with Crippen LogP contribution in [0.2, 0.25) is 0 Å². The standard InChI is InChI=1S/C34H33ClN4O5/c1-22-27(9-6-10-29(22)37-32(41)24-7-4-3-5-8-24)26-19-25(33(42)38(2)21-26)17-23-11-12-28(30(18-23)36-31(40)20-35)34(43)39-13-15-44-16-14-39/h3-12,18-19,21H,13-17,20H2,1-2H3,(H,36,40)(H,37,41). The maximum atomic E-state index is 13.3. The van der Waals surface area contributed by atoms with Gasteiger partial charge in [-0.15, -0.1) is 11.6 Å². The number of morpholine rings is 1. The van der Waals surface area contributed by atoms with E-state index in [-0.39, 0.29) is 29.7 Å². The van der Waals surface area contributed by atoms with Gasteiger partial charge in [0.15, 0.2) is 0 Å². The lowest BCUT2D eigenvalue weighted by Gasteiger charge is -2.27. The number of carbonyl (C=O) groups is 3. The molecule has 0 spiro atoms. The van der Waals surface area contributed by atoms with Crippen LogP contribution in [0.3, 0.4) is 0 Å². The van der Waals surface area contributed by atoms with E-state index in [0.29, 0.717) is 54.4 Å². The number of aryl methyl sites for hydroxylation is 1. The van der Waals surface area contributed by atoms with E-state index in [0.717, 1.165) is 22.3 Å². The molecule has 1 aliphatic rings. The van der Waals surface area contributed by atoms with Crippen LogP contribution in [-0.4, -0.2) is 59.4 Å². The van der Waals surface area contributed by atoms with Crippen LogP contribution in [0.15, 0.2) is 83.8 Å². The first-order chi connectivity index (χ1) is 21.2. The third kappa shape index (κ3) is 6.90. The number of amides is 3. The summed E-state index contributed by atoms with van der Waals surface area (Å²) in [6, 6.07) is 21.7. The summed E-state index contributed by atoms with van der Waals surface area (Å²) in [6.07, 6.45) is 2.03. The molecule has 3 amide bonds. The number of nitrogens with zero attached hydrogens (tertiary/aromatic N) is 2. The van der Waals surface area contributed by atoms with E-state index in [1.54, 1.807) is 48.5 Å². The van der Waals surface area contributed by atoms with Crippen molar-refractivity contribution >= 4 is 40.7 Å². The Labute approximate surface area is 260 Å². The summed E-state index contributed by atoms with van der Waals surface area (Å²) in [7, 11) is 1.70. The number of rotatable bonds is 8. The molecule has 0 saturated carbocycles. The zero-order valence-corrected chi connectivity index (χ0v) is 25.3. The lowest BCUT2D eigenvalue weighted by atomic mass is 9.96. The minimum absolute atomic E-state index is 0.167. The second-order valence-corrected chi connectivity index (χ2v) is 10.9. The number of hydrogen-bond donors (Lipinski definition) is 2. The number of anilines is 2. The molecule has 0 radical (unpaired) electrons. The molecule has 4 aromatic rings. The second kappa shape index (κ2) is 13.7. The summed E-state index contributed by atoms with van der Waals surface area (Å²) in [5, 5.41) is 5.74. The van der Waals surface area contributed by atoms with Crippen molar-refractivity contribution in [1.29, 1.82) is 0 Å². The molecule has 2 N–H and O–H groups in total. The fourth-order valence-electron chi connectivity index (χ4n) is 5.25. The molecule has 1 saturated heterocycles. The van der Waals surface area contributed by atoms with Gasteiger partial charge in [-0.25, -0.2) is 0 Å². The highest BCUT2D eigenvalue weighted by atomic mass is 35.5. The first kappa shape index (κ1) is 30.7. The van der Waals surface area contributed by atoms with Gasteiger partial charge in [-0.1, -0.05) is 36.4 Å². The SMILES string of the molecule is Cc1c(NC(=O)c2ccccc2)cccc1-c1cc(Cc2ccc(C(=O)N3CCOCC3)c(NC(=O)CCl)c2)c(=O)n(C)c1. The zero-order chi connectivity index (χ0) is 31.2. The van der Waals surface area contributed by atoms with Gasteiger partial charge in [-0.05, 0) is 65.6 Å². The van der Waals surface area contributed by atoms with Crippen LogP contribution < -0.4 is 16.2 Å². The highest BCUT2D eigenvalue weighted by Gasteiger charge is 2.22. The van der Waals surface area contributed by atoms with Gasteiger partial charge in [-0.3, -0.25) is 19.2 Å². The lowest BCUT2D eigenvalue weighted by Crippen LogP contribution is -2.41. The first-order valence-corrected chi connectivity index (χ1v) is 14.8. The maximum absolute atomic E-state index is 13.3. The average Bonchev–Trinajstić information content (AvgIpc) is 3.04. The molecule has 0 bridgehead atoms. The summed E-state index contributed by atoms with van der Waals surface area (Å²) in [4.78, 5) is 53.3. The van der Waals surface area contributed by atoms with Gasteiger partial charge >= 0.3 is 0 Å². The van der Waals surface area contributed by atoms with E-state index in [9.17, 15) is 19.2 Å². The number of ether oxygens (including phenoxy) is 1. The number of hydrogen-bond acceptors (Lipinski definition) is 5. The van der Waals surface area contributed by atoms with Crippen molar-refractivity contribution in [3.05, 3.63) is 117 Å². The summed E-state index contributed by atoms with van der Waals surface area (Å²) in [5.41, 5.74) is 5.56. The predicted molar refractivity (Wildman–Crippen MR) is 172 cm³/mol. The Morgan fingerprint density at radius 1 is 0.909 bits per heavy atom. The first-order valence-electron chi connectivity index (χ1n) is 14.3. The van der Waals surface area contributed by atoms with Crippen molar-refractivity contribution in [1.82, 2.24) is 9.47 Å². The Hall–Kier alpha value is -4.73. The molecule has 5 rings (SSSR count). The monoisotopic (exact) mass is 612 g/mol. The summed E-state index contributed by atoms with van der Waals surface area (Å²) >= 11 is 5.76. The number of aromatic nitrogens is 1. The van der Waals surface area contributed by atoms with E-state index in [1.165, 1.54) is 4.57 Å². The molecule has 44 heavy (non-hydrogen) atoms. The molecule has 10 heteroatoms. The number of nitrogens with one attached hydrogen (secondary N) is 2. The Morgan fingerprint density at radius 3 is 2.39 bits per heavy atom. The number of halogens is 1. The molecule has 1 fully saturated rings. The molecule has 3 aromatic carbocycles. The molecule has 2 heterocycles. The molecule has 1 aliphatic heterocycles. The molecular formula is C34H33ClN4O5. The van der Waals surface area contributed by atoms with Crippen LogP contribution in [0.1, 0.15) is 37.4 Å². The van der Waals surface area contributed by atoms with Crippen molar-refractivity contribution in [2.45, 2.75) is 13.3 Å². The highest BCUT2D eigenvalue weighted by Crippen LogP contribution is 2.30. The van der Waals surface area contributed by atoms with E-state index >= 15 is 0 Å². The quantitative estimate of drug-likeness (QED) is 0.276. The van der Waals surface area contributed by atoms with Crippen molar-refractivity contribution in [3.63, 3.8) is 0 Å². The average molecular weight is 613 g/mol. The Kier molecular flexibility index (Phi) is 9.57. The van der Waals surface area contributed by atoms with Crippen molar-refractivity contribution in [2.75, 3.05) is 42.8 Å². The lowest BCUT2D eigenvalue weighted by molar-refractivity contribution is -0.113. The third-order valence-electron chi connectivity index (χ3n) is 7.59. The molecule has 0 atom stereocenters. The Balaban J connectivity index is 1.45. The summed E-state index contributed by atoms with van der Waals surface area (Å²) in [6.45, 7) is 3.76. The fourth-order valence-corrected chi connectivity index (χ4v) is 5.32. The van der Waals surface area contributed by atoms with Gasteiger partial charge in [0.1, 0.15) is 5.88 Å². The molecule has 0 unspecified atom stereocenters. The number of benzene rings is 3. The van der Waals surface area contributed by atoms with Crippen molar-refractivity contribution in [3.8, 4) is 11.1 Å². The minimum atomic E-state index is -0.438. The predicted octanol–water partition coefficient (Wildman–Crippen LogP) is 4.85. The Morgan fingerprint density at radius 2 is 1.66 bits per heavy atom. The molecule has 226 valence electrons. The van der Waals surface area contributed by atoms with Gasteiger partial charge in [-0.2, -0.15) is 0 Å². The number of carbonyl (C=O) groups excluding carboxylic acids is 3. The number of pyridine rings is 1. The van der Waals surface area contributed by atoms with Crippen LogP contribution in [0.4, 0.5) is 11.4 Å². The fraction of sp³-hybridized carbons (Fsp3) is 0.235. The molecule has 0 aliphatic carbocycles. The van der Waals surface area contributed by atoms with Crippen LogP contribution in [0, 0.1) is 6.92 Å². The Bertz CT molecular complexity index is 1760. The van der Waals surface area contributed by atoms with Gasteiger partial charge in [0.2, 0.25) is 5.91 Å². The largest absolute Gasteiger partial charge is 0.378 e. The zero-order valence-electron chi connectivity index (χ0n) is 24.6. The number of alkyl halides is 1. The van der Waals surface area contributed by atoms with Gasteiger partial charge in [0, 0.05) is 49.6 Å². The minimum Gasteiger partial charge on any atom is -0.378 e. The molecule has 1 aromatic heterocycles. The van der Waals surface area contributed by atoms with Crippen molar-refractivity contribution < 1.29 is 19.1 Å². The van der Waals surface area contributed by atoms with Gasteiger partial charge in [0.25, 0.3) is 17.4 Å². The van der Waals surface area contributed by atoms with Gasteiger partial charge in [0.05, 0.1) is 24.5 Å². The normalized spacial score (nSPS) is 12.9. The van der Waals surface area contributed by atoms with Crippen LogP contribution in [0.25, 0.3) is 11.1 Å². The second-order valence-electron chi connectivity index (χ2n) is 10.6. The van der Waals surface area contributed by atoms with E-state index in [2.05, 4.69) is 10.6 Å². The molecule has 9 nitrogen and oxygen atoms in total. The molecular weight excluding hydrogens is 580 g/mol. The van der Waals surface area contributed by atoms with Gasteiger partial charge < -0.3 is 24.8 Å². The van der Waals surface area contributed by atoms with Crippen molar-refractivity contribution in [2.24, 2.45) is 7.05 Å². The van der Waals surface area contributed by atoms with E-state index < -0.39 is 5.91 Å². The highest BCUT2D eigenvalue weighted by molar-refractivity contribution is 6.29. The topological polar surface area (TPSA) is 110 Å². The van der Waals surface area contributed by atoms with Crippen LogP contribution in [-0.2, 0) is 23.0 Å². The third-order valence-corrected chi connectivity index (χ3v) is 7.83. The summed E-state index contributed by atoms with van der Waals surface area (Å²) in [5.74, 6) is -1.12. The van der Waals surface area contributed by atoms with Crippen LogP contribution in [0.5, 0.6) is 0 Å². The summed E-state index contributed by atoms with van der Waals surface area (Å²) < 4.78 is 6.90. The smallest absolute Gasteiger partial charge is 0.256 e.